The molecule has 0 aliphatic carbocycles. The number of aryl methyl sites for hydroxylation is 1. The van der Waals surface area contributed by atoms with Crippen LogP contribution in [0.1, 0.15) is 19.4 Å². The molecule has 96 valence electrons. The maximum atomic E-state index is 11.3. The summed E-state index contributed by atoms with van der Waals surface area (Å²) < 4.78 is 22.5. The molecule has 1 aromatic heterocycles. The summed E-state index contributed by atoms with van der Waals surface area (Å²) in [5, 5.41) is 0. The van der Waals surface area contributed by atoms with Crippen LogP contribution >= 0.6 is 0 Å². The Hall–Kier alpha value is -1.10. The van der Waals surface area contributed by atoms with Crippen LogP contribution in [0.15, 0.2) is 18.5 Å². The van der Waals surface area contributed by atoms with Crippen molar-refractivity contribution in [3.05, 3.63) is 24.0 Å². The van der Waals surface area contributed by atoms with E-state index in [-0.39, 0.29) is 11.5 Å². The van der Waals surface area contributed by atoms with E-state index >= 15 is 0 Å². The predicted octanol–water partition coefficient (Wildman–Crippen LogP) is 1.65. The van der Waals surface area contributed by atoms with Crippen LogP contribution in [-0.4, -0.2) is 38.0 Å². The summed E-state index contributed by atoms with van der Waals surface area (Å²) >= 11 is 0. The molecule has 0 unspecified atom stereocenters. The Morgan fingerprint density at radius 1 is 1.18 bits per heavy atom. The van der Waals surface area contributed by atoms with E-state index in [1.54, 1.807) is 12.4 Å². The van der Waals surface area contributed by atoms with Crippen LogP contribution in [0.3, 0.4) is 0 Å². The smallest absolute Gasteiger partial charge is 0.153 e. The normalized spacial score (nSPS) is 18.2. The molecule has 2 rings (SSSR count). The number of rotatable bonds is 1. The van der Waals surface area contributed by atoms with Crippen LogP contribution in [0.2, 0.25) is 0 Å². The maximum absolute atomic E-state index is 11.3. The van der Waals surface area contributed by atoms with Crippen molar-refractivity contribution in [1.29, 1.82) is 0 Å². The predicted molar refractivity (Wildman–Crippen MR) is 71.2 cm³/mol. The van der Waals surface area contributed by atoms with Gasteiger partial charge in [-0.1, -0.05) is 13.8 Å². The lowest BCUT2D eigenvalue weighted by Gasteiger charge is -2.28. The van der Waals surface area contributed by atoms with Crippen LogP contribution < -0.4 is 4.90 Å². The first-order valence-electron chi connectivity index (χ1n) is 5.94. The Bertz CT molecular complexity index is 443. The number of sulfone groups is 1. The van der Waals surface area contributed by atoms with Crippen molar-refractivity contribution < 1.29 is 8.42 Å². The van der Waals surface area contributed by atoms with Gasteiger partial charge in [0.2, 0.25) is 0 Å². The van der Waals surface area contributed by atoms with E-state index in [2.05, 4.69) is 9.88 Å². The molecule has 4 nitrogen and oxygen atoms in total. The molecule has 0 bridgehead atoms. The summed E-state index contributed by atoms with van der Waals surface area (Å²) in [7, 11) is -2.80. The molecule has 0 radical (unpaired) electrons. The minimum atomic E-state index is -2.80. The largest absolute Gasteiger partial charge is 0.368 e. The maximum Gasteiger partial charge on any atom is 0.153 e. The van der Waals surface area contributed by atoms with Crippen molar-refractivity contribution in [3.63, 3.8) is 0 Å². The monoisotopic (exact) mass is 256 g/mol. The Labute approximate surface area is 104 Å². The van der Waals surface area contributed by atoms with Gasteiger partial charge in [0.15, 0.2) is 9.84 Å². The SMILES string of the molecule is CC.Cc1cncc(N2CCS(=O)(=O)CC2)c1. The zero-order valence-corrected chi connectivity index (χ0v) is 11.5. The number of hydrogen-bond donors (Lipinski definition) is 0. The molecule has 1 fully saturated rings. The van der Waals surface area contributed by atoms with Crippen LogP contribution in [0, 0.1) is 6.92 Å². The molecule has 1 aliphatic heterocycles. The van der Waals surface area contributed by atoms with Crippen molar-refractivity contribution in [2.45, 2.75) is 20.8 Å². The van der Waals surface area contributed by atoms with E-state index in [1.165, 1.54) is 0 Å². The van der Waals surface area contributed by atoms with Crippen molar-refractivity contribution in [2.75, 3.05) is 29.5 Å². The van der Waals surface area contributed by atoms with E-state index in [0.29, 0.717) is 13.1 Å². The van der Waals surface area contributed by atoms with Crippen LogP contribution in [0.5, 0.6) is 0 Å². The summed E-state index contributed by atoms with van der Waals surface area (Å²) in [6.07, 6.45) is 3.58. The fourth-order valence-electron chi connectivity index (χ4n) is 1.68. The minimum absolute atomic E-state index is 0.251. The molecule has 1 aromatic rings. The first-order valence-corrected chi connectivity index (χ1v) is 7.76. The van der Waals surface area contributed by atoms with Crippen LogP contribution in [0.25, 0.3) is 0 Å². The number of nitrogens with zero attached hydrogens (tertiary/aromatic N) is 2. The minimum Gasteiger partial charge on any atom is -0.368 e. The molecule has 5 heteroatoms. The third kappa shape index (κ3) is 4.00. The van der Waals surface area contributed by atoms with E-state index in [0.717, 1.165) is 11.3 Å². The highest BCUT2D eigenvalue weighted by atomic mass is 32.2. The van der Waals surface area contributed by atoms with Gasteiger partial charge in [-0.3, -0.25) is 4.98 Å². The van der Waals surface area contributed by atoms with Crippen molar-refractivity contribution >= 4 is 15.5 Å². The van der Waals surface area contributed by atoms with Gasteiger partial charge in [-0.2, -0.15) is 0 Å². The highest BCUT2D eigenvalue weighted by Crippen LogP contribution is 2.16. The molecule has 0 spiro atoms. The molecule has 0 atom stereocenters. The molecule has 2 heterocycles. The molecule has 1 aliphatic rings. The topological polar surface area (TPSA) is 50.3 Å². The van der Waals surface area contributed by atoms with E-state index in [9.17, 15) is 8.42 Å². The standard InChI is InChI=1S/C10H14N2O2S.C2H6/c1-9-6-10(8-11-7-9)12-2-4-15(13,14)5-3-12;1-2/h6-8H,2-5H2,1H3;1-2H3. The fraction of sp³-hybridized carbons (Fsp3) is 0.583. The lowest BCUT2D eigenvalue weighted by molar-refractivity contribution is 0.586. The van der Waals surface area contributed by atoms with Gasteiger partial charge in [-0.15, -0.1) is 0 Å². The van der Waals surface area contributed by atoms with E-state index in [4.69, 9.17) is 0 Å². The Kier molecular flexibility index (Phi) is 4.93. The lowest BCUT2D eigenvalue weighted by Crippen LogP contribution is -2.40. The molecule has 0 aromatic carbocycles. The summed E-state index contributed by atoms with van der Waals surface area (Å²) in [6.45, 7) is 7.14. The van der Waals surface area contributed by atoms with Gasteiger partial charge < -0.3 is 4.90 Å². The van der Waals surface area contributed by atoms with Crippen molar-refractivity contribution in [3.8, 4) is 0 Å². The zero-order chi connectivity index (χ0) is 12.9. The van der Waals surface area contributed by atoms with Crippen LogP contribution in [0.4, 0.5) is 5.69 Å². The Morgan fingerprint density at radius 3 is 2.29 bits per heavy atom. The molecular weight excluding hydrogens is 236 g/mol. The van der Waals surface area contributed by atoms with Gasteiger partial charge in [0.05, 0.1) is 23.4 Å². The van der Waals surface area contributed by atoms with Crippen molar-refractivity contribution in [2.24, 2.45) is 0 Å². The highest BCUT2D eigenvalue weighted by Gasteiger charge is 2.21. The zero-order valence-electron chi connectivity index (χ0n) is 10.7. The van der Waals surface area contributed by atoms with Crippen LogP contribution in [-0.2, 0) is 9.84 Å². The van der Waals surface area contributed by atoms with Gasteiger partial charge in [0.1, 0.15) is 0 Å². The summed E-state index contributed by atoms with van der Waals surface area (Å²) in [5.41, 5.74) is 2.12. The van der Waals surface area contributed by atoms with Crippen molar-refractivity contribution in [1.82, 2.24) is 4.98 Å². The quantitative estimate of drug-likeness (QED) is 0.766. The molecule has 0 N–H and O–H groups in total. The number of anilines is 1. The molecule has 1 saturated heterocycles. The van der Waals surface area contributed by atoms with Gasteiger partial charge >= 0.3 is 0 Å². The highest BCUT2D eigenvalue weighted by molar-refractivity contribution is 7.91. The number of pyridine rings is 1. The first kappa shape index (κ1) is 14.0. The number of hydrogen-bond acceptors (Lipinski definition) is 4. The van der Waals surface area contributed by atoms with E-state index in [1.807, 2.05) is 26.8 Å². The number of aromatic nitrogens is 1. The molecular formula is C12H20N2O2S. The molecule has 0 amide bonds. The third-order valence-corrected chi connectivity index (χ3v) is 4.18. The first-order chi connectivity index (χ1) is 8.07. The lowest BCUT2D eigenvalue weighted by atomic mass is 10.3. The fourth-order valence-corrected chi connectivity index (χ4v) is 2.88. The Balaban J connectivity index is 0.000000686. The third-order valence-electron chi connectivity index (χ3n) is 2.57. The average molecular weight is 256 g/mol. The summed E-state index contributed by atoms with van der Waals surface area (Å²) in [5.74, 6) is 0.502. The second-order valence-electron chi connectivity index (χ2n) is 3.86. The van der Waals surface area contributed by atoms with Gasteiger partial charge in [-0.05, 0) is 18.6 Å². The van der Waals surface area contributed by atoms with E-state index < -0.39 is 9.84 Å². The molecule has 17 heavy (non-hydrogen) atoms. The van der Waals surface area contributed by atoms with Gasteiger partial charge in [-0.25, -0.2) is 8.42 Å². The second kappa shape index (κ2) is 6.00. The summed E-state index contributed by atoms with van der Waals surface area (Å²) in [4.78, 5) is 6.18. The second-order valence-corrected chi connectivity index (χ2v) is 6.16. The van der Waals surface area contributed by atoms with Gasteiger partial charge in [0.25, 0.3) is 0 Å². The Morgan fingerprint density at radius 2 is 1.76 bits per heavy atom. The average Bonchev–Trinajstić information content (AvgIpc) is 2.31. The summed E-state index contributed by atoms with van der Waals surface area (Å²) in [6, 6.07) is 2.03. The molecule has 0 saturated carbocycles. The van der Waals surface area contributed by atoms with Gasteiger partial charge in [0, 0.05) is 19.3 Å².